The predicted octanol–water partition coefficient (Wildman–Crippen LogP) is 2.97. The first-order valence-corrected chi connectivity index (χ1v) is 7.79. The molecule has 0 radical (unpaired) electrons. The van der Waals surface area contributed by atoms with Gasteiger partial charge in [0.2, 0.25) is 5.60 Å². The van der Waals surface area contributed by atoms with Gasteiger partial charge in [0.05, 0.1) is 5.71 Å². The Labute approximate surface area is 129 Å². The summed E-state index contributed by atoms with van der Waals surface area (Å²) in [5, 5.41) is 3.98. The quantitative estimate of drug-likeness (QED) is 0.843. The van der Waals surface area contributed by atoms with E-state index in [2.05, 4.69) is 12.1 Å². The minimum Gasteiger partial charge on any atom is -0.379 e. The first kappa shape index (κ1) is 15.0. The molecule has 1 aromatic rings. The summed E-state index contributed by atoms with van der Waals surface area (Å²) < 4.78 is 13.9. The second kappa shape index (κ2) is 5.71. The van der Waals surface area contributed by atoms with Crippen molar-refractivity contribution >= 4 is 11.6 Å². The van der Waals surface area contributed by atoms with Crippen molar-refractivity contribution in [2.45, 2.75) is 38.7 Å². The molecule has 0 N–H and O–H groups in total. The molecule has 2 aliphatic heterocycles. The molecule has 4 nitrogen and oxygen atoms in total. The highest BCUT2D eigenvalue weighted by molar-refractivity contribution is 6.05. The predicted molar refractivity (Wildman–Crippen MR) is 82.0 cm³/mol. The Morgan fingerprint density at radius 2 is 2.23 bits per heavy atom. The number of carbonyl (C=O) groups excluding carboxylic acids is 1. The van der Waals surface area contributed by atoms with Crippen LogP contribution in [0.2, 0.25) is 0 Å². The molecule has 5 heteroatoms. The van der Waals surface area contributed by atoms with E-state index in [4.69, 9.17) is 4.84 Å². The van der Waals surface area contributed by atoms with E-state index < -0.39 is 5.60 Å². The number of benzene rings is 1. The van der Waals surface area contributed by atoms with Crippen LogP contribution in [0.3, 0.4) is 0 Å². The fraction of sp³-hybridized carbons (Fsp3) is 0.529. The molecule has 2 atom stereocenters. The molecule has 1 aromatic carbocycles. The lowest BCUT2D eigenvalue weighted by Gasteiger charge is -2.35. The van der Waals surface area contributed by atoms with Crippen LogP contribution in [0.5, 0.6) is 0 Å². The number of rotatable bonds is 2. The lowest BCUT2D eigenvalue weighted by atomic mass is 9.92. The Morgan fingerprint density at radius 1 is 1.45 bits per heavy atom. The van der Waals surface area contributed by atoms with Crippen LogP contribution in [0.4, 0.5) is 4.39 Å². The summed E-state index contributed by atoms with van der Waals surface area (Å²) in [6.07, 6.45) is 2.47. The summed E-state index contributed by atoms with van der Waals surface area (Å²) in [7, 11) is 0. The number of hydrogen-bond acceptors (Lipinski definition) is 3. The molecular formula is C17H21FN2O2. The zero-order chi connectivity index (χ0) is 15.7. The molecule has 0 aromatic heterocycles. The van der Waals surface area contributed by atoms with Crippen LogP contribution in [0, 0.1) is 11.7 Å². The third-order valence-electron chi connectivity index (χ3n) is 4.44. The number of nitrogens with zero attached hydrogens (tertiary/aromatic N) is 2. The zero-order valence-electron chi connectivity index (χ0n) is 13.0. The smallest absolute Gasteiger partial charge is 0.269 e. The maximum Gasteiger partial charge on any atom is 0.269 e. The molecule has 2 heterocycles. The van der Waals surface area contributed by atoms with Gasteiger partial charge in [-0.2, -0.15) is 0 Å². The van der Waals surface area contributed by atoms with Crippen molar-refractivity contribution in [1.29, 1.82) is 0 Å². The van der Waals surface area contributed by atoms with Crippen LogP contribution in [0.15, 0.2) is 29.4 Å². The minimum atomic E-state index is -1.02. The van der Waals surface area contributed by atoms with E-state index in [1.807, 2.05) is 4.90 Å². The van der Waals surface area contributed by atoms with Crippen molar-refractivity contribution in [2.75, 3.05) is 13.1 Å². The first-order chi connectivity index (χ1) is 10.5. The van der Waals surface area contributed by atoms with Gasteiger partial charge >= 0.3 is 0 Å². The molecule has 0 saturated carbocycles. The number of oxime groups is 1. The average molecular weight is 304 g/mol. The van der Waals surface area contributed by atoms with Crippen molar-refractivity contribution < 1.29 is 14.0 Å². The summed E-state index contributed by atoms with van der Waals surface area (Å²) in [5.41, 5.74) is -0.112. The third-order valence-corrected chi connectivity index (χ3v) is 4.44. The van der Waals surface area contributed by atoms with Gasteiger partial charge < -0.3 is 9.74 Å². The summed E-state index contributed by atoms with van der Waals surface area (Å²) in [6, 6.07) is 6.44. The van der Waals surface area contributed by atoms with E-state index >= 15 is 0 Å². The molecule has 2 aliphatic rings. The molecule has 1 fully saturated rings. The largest absolute Gasteiger partial charge is 0.379 e. The van der Waals surface area contributed by atoms with Gasteiger partial charge in [-0.25, -0.2) is 4.39 Å². The molecule has 22 heavy (non-hydrogen) atoms. The number of piperidine rings is 1. The van der Waals surface area contributed by atoms with Gasteiger partial charge in [0.25, 0.3) is 5.91 Å². The molecule has 0 spiro atoms. The Kier molecular flexibility index (Phi) is 3.89. The van der Waals surface area contributed by atoms with Crippen LogP contribution in [-0.4, -0.2) is 35.2 Å². The number of likely N-dealkylation sites (tertiary alicyclic amines) is 1. The van der Waals surface area contributed by atoms with E-state index in [1.54, 1.807) is 25.1 Å². The van der Waals surface area contributed by atoms with E-state index in [-0.39, 0.29) is 11.7 Å². The lowest BCUT2D eigenvalue weighted by molar-refractivity contribution is -0.155. The number of amides is 1. The van der Waals surface area contributed by atoms with Crippen molar-refractivity contribution in [3.05, 3.63) is 35.6 Å². The Bertz CT molecular complexity index is 616. The minimum absolute atomic E-state index is 0.0471. The maximum absolute atomic E-state index is 13.9. The SMILES string of the molecule is C[C@@H]1CCCN(C(=O)[C@@]2(C)CC(c3ccccc3F)=NO2)C1. The van der Waals surface area contributed by atoms with E-state index in [9.17, 15) is 9.18 Å². The summed E-state index contributed by atoms with van der Waals surface area (Å²) >= 11 is 0. The molecule has 1 amide bonds. The molecule has 0 aliphatic carbocycles. The molecule has 0 unspecified atom stereocenters. The van der Waals surface area contributed by atoms with Crippen LogP contribution in [0.25, 0.3) is 0 Å². The highest BCUT2D eigenvalue weighted by Gasteiger charge is 2.45. The van der Waals surface area contributed by atoms with Gasteiger partial charge in [-0.05, 0) is 31.7 Å². The van der Waals surface area contributed by atoms with E-state index in [1.165, 1.54) is 6.07 Å². The van der Waals surface area contributed by atoms with Crippen LogP contribution in [0.1, 0.15) is 38.7 Å². The maximum atomic E-state index is 13.9. The van der Waals surface area contributed by atoms with Gasteiger partial charge in [-0.3, -0.25) is 4.79 Å². The number of hydrogen-bond donors (Lipinski definition) is 0. The normalized spacial score (nSPS) is 28.2. The van der Waals surface area contributed by atoms with Crippen LogP contribution < -0.4 is 0 Å². The van der Waals surface area contributed by atoms with Gasteiger partial charge in [0, 0.05) is 25.1 Å². The summed E-state index contributed by atoms with van der Waals surface area (Å²) in [4.78, 5) is 20.1. The van der Waals surface area contributed by atoms with Gasteiger partial charge in [-0.15, -0.1) is 0 Å². The average Bonchev–Trinajstić information content (AvgIpc) is 2.90. The topological polar surface area (TPSA) is 41.9 Å². The van der Waals surface area contributed by atoms with E-state index in [0.29, 0.717) is 23.6 Å². The summed E-state index contributed by atoms with van der Waals surface area (Å²) in [6.45, 7) is 5.41. The van der Waals surface area contributed by atoms with Crippen LogP contribution in [-0.2, 0) is 9.63 Å². The van der Waals surface area contributed by atoms with Crippen molar-refractivity contribution in [1.82, 2.24) is 4.90 Å². The Morgan fingerprint density at radius 3 is 2.95 bits per heavy atom. The van der Waals surface area contributed by atoms with Crippen molar-refractivity contribution in [3.8, 4) is 0 Å². The van der Waals surface area contributed by atoms with Gasteiger partial charge in [0.1, 0.15) is 5.82 Å². The standard InChI is InChI=1S/C17H21FN2O2/c1-12-6-5-9-20(11-12)16(21)17(2)10-15(19-22-17)13-7-3-4-8-14(13)18/h3-4,7-8,12H,5-6,9-11H2,1-2H3/t12-,17-/m1/s1. The number of carbonyl (C=O) groups is 1. The van der Waals surface area contributed by atoms with Crippen molar-refractivity contribution in [2.24, 2.45) is 11.1 Å². The second-order valence-corrected chi connectivity index (χ2v) is 6.52. The monoisotopic (exact) mass is 304 g/mol. The van der Waals surface area contributed by atoms with E-state index in [0.717, 1.165) is 25.9 Å². The highest BCUT2D eigenvalue weighted by atomic mass is 19.1. The lowest BCUT2D eigenvalue weighted by Crippen LogP contribution is -2.50. The van der Waals surface area contributed by atoms with Gasteiger partial charge in [0.15, 0.2) is 0 Å². The molecule has 118 valence electrons. The fourth-order valence-corrected chi connectivity index (χ4v) is 3.20. The van der Waals surface area contributed by atoms with Crippen LogP contribution >= 0.6 is 0 Å². The fourth-order valence-electron chi connectivity index (χ4n) is 3.20. The molecular weight excluding hydrogens is 283 g/mol. The van der Waals surface area contributed by atoms with Gasteiger partial charge in [-0.1, -0.05) is 30.3 Å². The zero-order valence-corrected chi connectivity index (χ0v) is 13.0. The second-order valence-electron chi connectivity index (χ2n) is 6.52. The third kappa shape index (κ3) is 2.72. The highest BCUT2D eigenvalue weighted by Crippen LogP contribution is 2.30. The first-order valence-electron chi connectivity index (χ1n) is 7.79. The summed E-state index contributed by atoms with van der Waals surface area (Å²) in [5.74, 6) is 0.122. The molecule has 1 saturated heterocycles. The molecule has 3 rings (SSSR count). The Hall–Kier alpha value is -1.91. The Balaban J connectivity index is 1.74. The molecule has 0 bridgehead atoms. The number of halogens is 1. The van der Waals surface area contributed by atoms with Crippen molar-refractivity contribution in [3.63, 3.8) is 0 Å².